The number of carbonyl (C=O) groups excluding carboxylic acids is 1. The molecule has 0 aliphatic carbocycles. The van der Waals surface area contributed by atoms with Crippen LogP contribution in [0.1, 0.15) is 11.4 Å². The molecule has 2 heterocycles. The third-order valence-corrected chi connectivity index (χ3v) is 6.46. The Morgan fingerprint density at radius 3 is 2.48 bits per heavy atom. The molecule has 0 unspecified atom stereocenters. The second kappa shape index (κ2) is 8.63. The summed E-state index contributed by atoms with van der Waals surface area (Å²) in [5.41, 5.74) is 5.47. The van der Waals surface area contributed by atoms with Crippen LogP contribution in [0.5, 0.6) is 0 Å². The number of thioether (sulfide) groups is 1. The molecule has 2 aromatic carbocycles. The maximum Gasteiger partial charge on any atom is 0.234 e. The van der Waals surface area contributed by atoms with Crippen LogP contribution >= 0.6 is 23.1 Å². The Morgan fingerprint density at radius 2 is 1.76 bits per heavy atom. The summed E-state index contributed by atoms with van der Waals surface area (Å²) < 4.78 is 2.73. The first-order valence-corrected chi connectivity index (χ1v) is 11.0. The summed E-state index contributed by atoms with van der Waals surface area (Å²) in [5, 5.41) is 9.61. The molecular weight excluding hydrogens is 400 g/mol. The van der Waals surface area contributed by atoms with E-state index in [9.17, 15) is 4.79 Å². The zero-order chi connectivity index (χ0) is 20.2. The zero-order valence-electron chi connectivity index (χ0n) is 16.1. The van der Waals surface area contributed by atoms with Gasteiger partial charge < -0.3 is 5.32 Å². The fourth-order valence-electron chi connectivity index (χ4n) is 3.01. The molecule has 4 rings (SSSR count). The van der Waals surface area contributed by atoms with Gasteiger partial charge in [0.15, 0.2) is 4.34 Å². The van der Waals surface area contributed by atoms with Crippen molar-refractivity contribution in [1.82, 2.24) is 14.8 Å². The van der Waals surface area contributed by atoms with Crippen molar-refractivity contribution >= 4 is 34.7 Å². The molecule has 0 saturated heterocycles. The SMILES string of the molecule is Cc1nn(-c2ccccc2)c(C)c1NC(=O)CSc1nc(-c2ccccc2)cs1. The van der Waals surface area contributed by atoms with Crippen molar-refractivity contribution in [1.29, 1.82) is 0 Å². The van der Waals surface area contributed by atoms with Gasteiger partial charge in [-0.25, -0.2) is 9.67 Å². The lowest BCUT2D eigenvalue weighted by molar-refractivity contribution is -0.113. The molecule has 0 spiro atoms. The van der Waals surface area contributed by atoms with Gasteiger partial charge in [-0.3, -0.25) is 4.79 Å². The lowest BCUT2D eigenvalue weighted by atomic mass is 10.2. The minimum absolute atomic E-state index is 0.0646. The number of thiazole rings is 1. The molecule has 4 aromatic rings. The van der Waals surface area contributed by atoms with Crippen molar-refractivity contribution in [2.24, 2.45) is 0 Å². The second-order valence-electron chi connectivity index (χ2n) is 6.49. The average molecular weight is 421 g/mol. The largest absolute Gasteiger partial charge is 0.322 e. The van der Waals surface area contributed by atoms with Crippen molar-refractivity contribution < 1.29 is 4.79 Å². The molecule has 0 atom stereocenters. The molecule has 5 nitrogen and oxygen atoms in total. The Morgan fingerprint density at radius 1 is 1.07 bits per heavy atom. The van der Waals surface area contributed by atoms with Crippen LogP contribution in [0.4, 0.5) is 5.69 Å². The van der Waals surface area contributed by atoms with Crippen LogP contribution in [0.3, 0.4) is 0 Å². The van der Waals surface area contributed by atoms with Gasteiger partial charge in [0.2, 0.25) is 5.91 Å². The third kappa shape index (κ3) is 4.41. The van der Waals surface area contributed by atoms with E-state index in [0.717, 1.165) is 38.4 Å². The van der Waals surface area contributed by atoms with Crippen molar-refractivity contribution in [2.45, 2.75) is 18.2 Å². The Hall–Kier alpha value is -2.90. The van der Waals surface area contributed by atoms with Gasteiger partial charge in [-0.15, -0.1) is 11.3 Å². The molecule has 0 aliphatic rings. The Balaban J connectivity index is 1.41. The number of amides is 1. The van der Waals surface area contributed by atoms with E-state index in [2.05, 4.69) is 15.4 Å². The number of anilines is 1. The topological polar surface area (TPSA) is 59.8 Å². The predicted octanol–water partition coefficient (Wildman–Crippen LogP) is 5.34. The van der Waals surface area contributed by atoms with Gasteiger partial charge in [0, 0.05) is 10.9 Å². The van der Waals surface area contributed by atoms with Crippen LogP contribution in [0.2, 0.25) is 0 Å². The Bertz CT molecular complexity index is 1120. The first kappa shape index (κ1) is 19.4. The van der Waals surface area contributed by atoms with Gasteiger partial charge in [-0.05, 0) is 26.0 Å². The van der Waals surface area contributed by atoms with Crippen LogP contribution in [-0.2, 0) is 4.79 Å². The molecule has 0 aliphatic heterocycles. The average Bonchev–Trinajstić information content (AvgIpc) is 3.34. The molecule has 0 fully saturated rings. The zero-order valence-corrected chi connectivity index (χ0v) is 17.8. The van der Waals surface area contributed by atoms with Gasteiger partial charge in [0.25, 0.3) is 0 Å². The lowest BCUT2D eigenvalue weighted by Gasteiger charge is -2.06. The summed E-state index contributed by atoms with van der Waals surface area (Å²) >= 11 is 3.00. The molecule has 29 heavy (non-hydrogen) atoms. The van der Waals surface area contributed by atoms with Gasteiger partial charge in [-0.2, -0.15) is 5.10 Å². The normalized spacial score (nSPS) is 10.8. The van der Waals surface area contributed by atoms with E-state index in [-0.39, 0.29) is 5.91 Å². The number of nitrogens with zero attached hydrogens (tertiary/aromatic N) is 3. The van der Waals surface area contributed by atoms with Gasteiger partial charge >= 0.3 is 0 Å². The number of hydrogen-bond donors (Lipinski definition) is 1. The molecule has 7 heteroatoms. The Labute approximate surface area is 177 Å². The minimum Gasteiger partial charge on any atom is -0.322 e. The summed E-state index contributed by atoms with van der Waals surface area (Å²) in [5.74, 6) is 0.238. The fraction of sp³-hybridized carbons (Fsp3) is 0.136. The molecule has 1 amide bonds. The van der Waals surface area contributed by atoms with Crippen LogP contribution in [0.25, 0.3) is 16.9 Å². The molecule has 146 valence electrons. The number of hydrogen-bond acceptors (Lipinski definition) is 5. The maximum atomic E-state index is 12.5. The highest BCUT2D eigenvalue weighted by Crippen LogP contribution is 2.29. The molecule has 2 aromatic heterocycles. The quantitative estimate of drug-likeness (QED) is 0.428. The van der Waals surface area contributed by atoms with E-state index < -0.39 is 0 Å². The van der Waals surface area contributed by atoms with Crippen LogP contribution in [-0.4, -0.2) is 26.4 Å². The first-order valence-electron chi connectivity index (χ1n) is 9.17. The molecule has 1 N–H and O–H groups in total. The summed E-state index contributed by atoms with van der Waals surface area (Å²) in [6.45, 7) is 3.87. The molecule has 0 bridgehead atoms. The van der Waals surface area contributed by atoms with Crippen molar-refractivity contribution in [3.05, 3.63) is 77.4 Å². The highest BCUT2D eigenvalue weighted by molar-refractivity contribution is 8.01. The van der Waals surface area contributed by atoms with E-state index in [4.69, 9.17) is 0 Å². The molecular formula is C22H20N4OS2. The van der Waals surface area contributed by atoms with Gasteiger partial charge in [-0.1, -0.05) is 60.3 Å². The highest BCUT2D eigenvalue weighted by Gasteiger charge is 2.16. The standard InChI is InChI=1S/C22H20N4OS2/c1-15-21(16(2)26(25-15)18-11-7-4-8-12-18)24-20(27)14-29-22-23-19(13-28-22)17-9-5-3-6-10-17/h3-13H,14H2,1-2H3,(H,24,27). The summed E-state index contributed by atoms with van der Waals surface area (Å²) in [6.07, 6.45) is 0. The number of para-hydroxylation sites is 1. The smallest absolute Gasteiger partial charge is 0.234 e. The maximum absolute atomic E-state index is 12.5. The molecule has 0 radical (unpaired) electrons. The number of carbonyl (C=O) groups is 1. The van der Waals surface area contributed by atoms with E-state index in [0.29, 0.717) is 5.75 Å². The summed E-state index contributed by atoms with van der Waals surface area (Å²) in [7, 11) is 0. The monoisotopic (exact) mass is 420 g/mol. The first-order chi connectivity index (χ1) is 14.1. The number of aryl methyl sites for hydroxylation is 1. The number of benzene rings is 2. The second-order valence-corrected chi connectivity index (χ2v) is 8.58. The van der Waals surface area contributed by atoms with Gasteiger partial charge in [0.1, 0.15) is 0 Å². The van der Waals surface area contributed by atoms with Crippen LogP contribution in [0.15, 0.2) is 70.4 Å². The van der Waals surface area contributed by atoms with Crippen molar-refractivity contribution in [3.8, 4) is 16.9 Å². The van der Waals surface area contributed by atoms with E-state index >= 15 is 0 Å². The van der Waals surface area contributed by atoms with Gasteiger partial charge in [0.05, 0.1) is 34.2 Å². The van der Waals surface area contributed by atoms with E-state index in [1.165, 1.54) is 11.8 Å². The number of nitrogens with one attached hydrogen (secondary N) is 1. The minimum atomic E-state index is -0.0646. The predicted molar refractivity (Wildman–Crippen MR) is 120 cm³/mol. The van der Waals surface area contributed by atoms with Crippen molar-refractivity contribution in [2.75, 3.05) is 11.1 Å². The Kier molecular flexibility index (Phi) is 5.78. The van der Waals surface area contributed by atoms with Crippen LogP contribution < -0.4 is 5.32 Å². The molecule has 0 saturated carbocycles. The highest BCUT2D eigenvalue weighted by atomic mass is 32.2. The van der Waals surface area contributed by atoms with Crippen molar-refractivity contribution in [3.63, 3.8) is 0 Å². The van der Waals surface area contributed by atoms with E-state index in [1.807, 2.05) is 84.6 Å². The summed E-state index contributed by atoms with van der Waals surface area (Å²) in [6, 6.07) is 19.9. The lowest BCUT2D eigenvalue weighted by Crippen LogP contribution is -2.15. The third-order valence-electron chi connectivity index (χ3n) is 4.44. The number of aromatic nitrogens is 3. The number of rotatable bonds is 6. The fourth-order valence-corrected chi connectivity index (χ4v) is 4.65. The summed E-state index contributed by atoms with van der Waals surface area (Å²) in [4.78, 5) is 17.1. The van der Waals surface area contributed by atoms with E-state index in [1.54, 1.807) is 11.3 Å². The van der Waals surface area contributed by atoms with Crippen LogP contribution in [0, 0.1) is 13.8 Å².